The van der Waals surface area contributed by atoms with E-state index < -0.39 is 18.0 Å². The van der Waals surface area contributed by atoms with E-state index in [1.165, 1.54) is 12.1 Å². The minimum Gasteiger partial charge on any atom is -0.466 e. The SMILES string of the molecule is CN(C)c1nnc2n1NC(Oc1cccc(C(F)(F)F)c1)C=C2. The van der Waals surface area contributed by atoms with Crippen LogP contribution in [0.1, 0.15) is 11.4 Å². The molecule has 0 radical (unpaired) electrons. The van der Waals surface area contributed by atoms with Crippen LogP contribution in [0.3, 0.4) is 0 Å². The number of benzene rings is 1. The number of hydrogen-bond acceptors (Lipinski definition) is 5. The molecule has 0 bridgehead atoms. The van der Waals surface area contributed by atoms with Crippen molar-refractivity contribution in [3.8, 4) is 5.75 Å². The Labute approximate surface area is 130 Å². The van der Waals surface area contributed by atoms with Gasteiger partial charge in [-0.05, 0) is 30.4 Å². The van der Waals surface area contributed by atoms with E-state index in [1.54, 1.807) is 35.8 Å². The van der Waals surface area contributed by atoms with E-state index in [9.17, 15) is 13.2 Å². The molecule has 0 saturated carbocycles. The number of alkyl halides is 3. The lowest BCUT2D eigenvalue weighted by Gasteiger charge is -2.24. The van der Waals surface area contributed by atoms with Crippen molar-refractivity contribution in [2.75, 3.05) is 24.4 Å². The lowest BCUT2D eigenvalue weighted by atomic mass is 10.2. The third-order valence-corrected chi connectivity index (χ3v) is 3.17. The van der Waals surface area contributed by atoms with Gasteiger partial charge in [-0.1, -0.05) is 6.07 Å². The summed E-state index contributed by atoms with van der Waals surface area (Å²) in [5.74, 6) is 1.25. The van der Waals surface area contributed by atoms with Gasteiger partial charge in [0, 0.05) is 14.1 Å². The van der Waals surface area contributed by atoms with Crippen LogP contribution in [-0.2, 0) is 6.18 Å². The summed E-state index contributed by atoms with van der Waals surface area (Å²) < 4.78 is 45.4. The van der Waals surface area contributed by atoms with Crippen molar-refractivity contribution in [3.63, 3.8) is 0 Å². The second kappa shape index (κ2) is 5.49. The minimum atomic E-state index is -4.41. The second-order valence-corrected chi connectivity index (χ2v) is 5.14. The first-order chi connectivity index (χ1) is 10.8. The van der Waals surface area contributed by atoms with Crippen LogP contribution in [0.5, 0.6) is 5.75 Å². The third-order valence-electron chi connectivity index (χ3n) is 3.17. The summed E-state index contributed by atoms with van der Waals surface area (Å²) in [7, 11) is 3.61. The predicted molar refractivity (Wildman–Crippen MR) is 78.6 cm³/mol. The van der Waals surface area contributed by atoms with E-state index in [4.69, 9.17) is 4.74 Å². The van der Waals surface area contributed by atoms with Crippen LogP contribution < -0.4 is 15.1 Å². The number of hydrogen-bond donors (Lipinski definition) is 1. The maximum atomic E-state index is 12.7. The summed E-state index contributed by atoms with van der Waals surface area (Å²) in [5.41, 5.74) is 2.24. The molecule has 9 heteroatoms. The number of ether oxygens (including phenoxy) is 1. The molecule has 1 N–H and O–H groups in total. The van der Waals surface area contributed by atoms with E-state index in [2.05, 4.69) is 15.6 Å². The largest absolute Gasteiger partial charge is 0.466 e. The Morgan fingerprint density at radius 1 is 1.26 bits per heavy atom. The van der Waals surface area contributed by atoms with Gasteiger partial charge in [0.1, 0.15) is 5.75 Å². The van der Waals surface area contributed by atoms with Crippen LogP contribution in [0.4, 0.5) is 19.1 Å². The van der Waals surface area contributed by atoms with Crippen LogP contribution in [0.15, 0.2) is 30.3 Å². The van der Waals surface area contributed by atoms with Gasteiger partial charge in [-0.3, -0.25) is 5.43 Å². The fourth-order valence-electron chi connectivity index (χ4n) is 2.11. The molecule has 1 unspecified atom stereocenters. The van der Waals surface area contributed by atoms with E-state index in [-0.39, 0.29) is 5.75 Å². The zero-order valence-corrected chi connectivity index (χ0v) is 12.4. The maximum absolute atomic E-state index is 12.7. The van der Waals surface area contributed by atoms with Crippen molar-refractivity contribution < 1.29 is 17.9 Å². The molecular formula is C14H14F3N5O. The van der Waals surface area contributed by atoms with Gasteiger partial charge in [-0.2, -0.15) is 13.2 Å². The number of nitrogens with zero attached hydrogens (tertiary/aromatic N) is 4. The van der Waals surface area contributed by atoms with Crippen LogP contribution in [0, 0.1) is 0 Å². The average Bonchev–Trinajstić information content (AvgIpc) is 2.90. The van der Waals surface area contributed by atoms with Gasteiger partial charge in [0.05, 0.1) is 5.56 Å². The van der Waals surface area contributed by atoms with Gasteiger partial charge in [0.25, 0.3) is 0 Å². The van der Waals surface area contributed by atoms with Gasteiger partial charge in [0.15, 0.2) is 5.82 Å². The molecule has 23 heavy (non-hydrogen) atoms. The zero-order valence-electron chi connectivity index (χ0n) is 12.4. The van der Waals surface area contributed by atoms with Gasteiger partial charge < -0.3 is 9.64 Å². The molecule has 0 spiro atoms. The predicted octanol–water partition coefficient (Wildman–Crippen LogP) is 2.34. The summed E-state index contributed by atoms with van der Waals surface area (Å²) in [6, 6.07) is 4.74. The Kier molecular flexibility index (Phi) is 3.63. The molecule has 122 valence electrons. The Morgan fingerprint density at radius 3 is 2.74 bits per heavy atom. The van der Waals surface area contributed by atoms with Crippen molar-refractivity contribution >= 4 is 12.0 Å². The summed E-state index contributed by atoms with van der Waals surface area (Å²) in [6.07, 6.45) is -1.70. The average molecular weight is 325 g/mol. The van der Waals surface area contributed by atoms with E-state index in [0.29, 0.717) is 11.8 Å². The highest BCUT2D eigenvalue weighted by molar-refractivity contribution is 5.49. The Bertz CT molecular complexity index is 738. The molecule has 0 aliphatic carbocycles. The molecule has 1 aliphatic heterocycles. The first-order valence-corrected chi connectivity index (χ1v) is 6.76. The standard InChI is InChI=1S/C14H14F3N5O/c1-21(2)13-19-18-11-6-7-12(20-22(11)13)23-10-5-3-4-9(8-10)14(15,16)17/h3-8,12,20H,1-2H3. The van der Waals surface area contributed by atoms with Crippen molar-refractivity contribution in [1.82, 2.24) is 14.9 Å². The smallest absolute Gasteiger partial charge is 0.416 e. The second-order valence-electron chi connectivity index (χ2n) is 5.14. The molecule has 0 amide bonds. The van der Waals surface area contributed by atoms with Crippen molar-refractivity contribution in [3.05, 3.63) is 41.7 Å². The van der Waals surface area contributed by atoms with Gasteiger partial charge in [-0.25, -0.2) is 4.68 Å². The fraction of sp³-hybridized carbons (Fsp3) is 0.286. The minimum absolute atomic E-state index is 0.116. The molecule has 3 rings (SSSR count). The van der Waals surface area contributed by atoms with Crippen LogP contribution in [0.25, 0.3) is 6.08 Å². The molecule has 2 heterocycles. The quantitative estimate of drug-likeness (QED) is 0.939. The summed E-state index contributed by atoms with van der Waals surface area (Å²) in [5, 5.41) is 7.99. The molecule has 1 atom stereocenters. The highest BCUT2D eigenvalue weighted by Gasteiger charge is 2.31. The Hall–Kier alpha value is -2.71. The topological polar surface area (TPSA) is 55.2 Å². The van der Waals surface area contributed by atoms with Gasteiger partial charge in [0.2, 0.25) is 12.2 Å². The molecule has 0 saturated heterocycles. The van der Waals surface area contributed by atoms with Crippen LogP contribution in [0.2, 0.25) is 0 Å². The van der Waals surface area contributed by atoms with E-state index in [0.717, 1.165) is 12.1 Å². The number of fused-ring (bicyclic) bond motifs is 1. The normalized spacial score (nSPS) is 16.7. The van der Waals surface area contributed by atoms with Crippen molar-refractivity contribution in [2.45, 2.75) is 12.4 Å². The number of rotatable bonds is 3. The number of nitrogens with one attached hydrogen (secondary N) is 1. The zero-order chi connectivity index (χ0) is 16.6. The summed E-state index contributed by atoms with van der Waals surface area (Å²) in [4.78, 5) is 1.75. The van der Waals surface area contributed by atoms with Crippen molar-refractivity contribution in [2.24, 2.45) is 0 Å². The van der Waals surface area contributed by atoms with Gasteiger partial charge >= 0.3 is 6.18 Å². The molecule has 1 aromatic heterocycles. The maximum Gasteiger partial charge on any atom is 0.416 e. The highest BCUT2D eigenvalue weighted by atomic mass is 19.4. The number of halogens is 3. The highest BCUT2D eigenvalue weighted by Crippen LogP contribution is 2.31. The summed E-state index contributed by atoms with van der Waals surface area (Å²) in [6.45, 7) is 0. The first-order valence-electron chi connectivity index (χ1n) is 6.76. The van der Waals surface area contributed by atoms with Crippen LogP contribution in [-0.4, -0.2) is 35.2 Å². The third kappa shape index (κ3) is 3.08. The molecule has 1 aliphatic rings. The van der Waals surface area contributed by atoms with Crippen molar-refractivity contribution in [1.29, 1.82) is 0 Å². The Balaban J connectivity index is 1.79. The number of anilines is 1. The van der Waals surface area contributed by atoms with Gasteiger partial charge in [-0.15, -0.1) is 10.2 Å². The summed E-state index contributed by atoms with van der Waals surface area (Å²) >= 11 is 0. The van der Waals surface area contributed by atoms with E-state index in [1.807, 2.05) is 0 Å². The van der Waals surface area contributed by atoms with E-state index >= 15 is 0 Å². The molecule has 2 aromatic rings. The fourth-order valence-corrected chi connectivity index (χ4v) is 2.11. The number of aromatic nitrogens is 3. The van der Waals surface area contributed by atoms with Crippen LogP contribution >= 0.6 is 0 Å². The molecule has 1 aromatic carbocycles. The first kappa shape index (κ1) is 15.2. The lowest BCUT2D eigenvalue weighted by Crippen LogP contribution is -2.36. The monoisotopic (exact) mass is 325 g/mol. The molecule has 0 fully saturated rings. The lowest BCUT2D eigenvalue weighted by molar-refractivity contribution is -0.137. The molecular weight excluding hydrogens is 311 g/mol. The Morgan fingerprint density at radius 2 is 2.04 bits per heavy atom. The molecule has 6 nitrogen and oxygen atoms in total.